The maximum atomic E-state index is 5.74. The van der Waals surface area contributed by atoms with Crippen LogP contribution in [0.25, 0.3) is 11.1 Å². The maximum absolute atomic E-state index is 5.74. The molecule has 2 N–H and O–H groups in total. The van der Waals surface area contributed by atoms with Crippen molar-refractivity contribution in [3.05, 3.63) is 23.6 Å². The lowest BCUT2D eigenvalue weighted by atomic mass is 10.2. The summed E-state index contributed by atoms with van der Waals surface area (Å²) in [6.07, 6.45) is 6.91. The molecule has 64 valence electrons. The minimum Gasteiger partial charge on any atom is -0.427 e. The second-order valence-electron chi connectivity index (χ2n) is 2.85. The Kier molecular flexibility index (Phi) is 1.49. The molecule has 0 aliphatic heterocycles. The van der Waals surface area contributed by atoms with Crippen molar-refractivity contribution in [2.24, 2.45) is 0 Å². The predicted octanol–water partition coefficient (Wildman–Crippen LogP) is 1.70. The van der Waals surface area contributed by atoms with Crippen molar-refractivity contribution in [2.75, 3.05) is 5.73 Å². The van der Waals surface area contributed by atoms with Crippen LogP contribution in [0.5, 0.6) is 0 Å². The number of nitrogens with zero attached hydrogens (tertiary/aromatic N) is 1. The Morgan fingerprint density at radius 3 is 3.08 bits per heavy atom. The number of fused-ring (bicyclic) bond motifs is 1. The number of rotatable bonds is 0. The van der Waals surface area contributed by atoms with Crippen LogP contribution < -0.4 is 5.73 Å². The zero-order valence-corrected chi connectivity index (χ0v) is 7.16. The number of terminal acetylenes is 1. The van der Waals surface area contributed by atoms with Gasteiger partial charge in [0.15, 0.2) is 0 Å². The third-order valence-corrected chi connectivity index (χ3v) is 1.85. The normalized spacial score (nSPS) is 10.2. The van der Waals surface area contributed by atoms with Crippen LogP contribution in [0.4, 0.5) is 5.69 Å². The molecule has 3 nitrogen and oxygen atoms in total. The molecule has 2 aromatic heterocycles. The van der Waals surface area contributed by atoms with Crippen molar-refractivity contribution in [3.63, 3.8) is 0 Å². The zero-order valence-electron chi connectivity index (χ0n) is 7.16. The molecule has 2 aromatic rings. The molecule has 0 aliphatic carbocycles. The van der Waals surface area contributed by atoms with Gasteiger partial charge in [-0.05, 0) is 24.5 Å². The summed E-state index contributed by atoms with van der Waals surface area (Å²) in [6.45, 7) is 1.94. The van der Waals surface area contributed by atoms with Gasteiger partial charge in [0.25, 0.3) is 0 Å². The topological polar surface area (TPSA) is 52.0 Å². The van der Waals surface area contributed by atoms with Crippen molar-refractivity contribution < 1.29 is 4.42 Å². The van der Waals surface area contributed by atoms with E-state index in [9.17, 15) is 0 Å². The van der Waals surface area contributed by atoms with E-state index in [0.29, 0.717) is 17.2 Å². The number of hydrogen-bond donors (Lipinski definition) is 1. The van der Waals surface area contributed by atoms with Crippen LogP contribution in [0, 0.1) is 19.3 Å². The standard InChI is InChI=1S/C10H8N2O/c1-3-8-9(11)7-4-6(2)5-12-10(7)13-8/h1,4-5H,11H2,2H3. The van der Waals surface area contributed by atoms with Gasteiger partial charge < -0.3 is 10.2 Å². The predicted molar refractivity (Wildman–Crippen MR) is 51.1 cm³/mol. The summed E-state index contributed by atoms with van der Waals surface area (Å²) in [5, 5.41) is 0.785. The Labute approximate surface area is 75.6 Å². The van der Waals surface area contributed by atoms with Gasteiger partial charge >= 0.3 is 0 Å². The molecule has 13 heavy (non-hydrogen) atoms. The maximum Gasteiger partial charge on any atom is 0.229 e. The van der Waals surface area contributed by atoms with Crippen LogP contribution in [0.2, 0.25) is 0 Å². The van der Waals surface area contributed by atoms with E-state index in [2.05, 4.69) is 10.9 Å². The minimum absolute atomic E-state index is 0.355. The molecule has 0 amide bonds. The van der Waals surface area contributed by atoms with Gasteiger partial charge in [-0.1, -0.05) is 0 Å². The first kappa shape index (κ1) is 7.69. The molecule has 2 rings (SSSR count). The average Bonchev–Trinajstić information content (AvgIpc) is 2.44. The van der Waals surface area contributed by atoms with Crippen LogP contribution >= 0.6 is 0 Å². The first-order valence-electron chi connectivity index (χ1n) is 3.83. The number of anilines is 1. The lowest BCUT2D eigenvalue weighted by Gasteiger charge is -1.90. The lowest BCUT2D eigenvalue weighted by molar-refractivity contribution is 0.591. The van der Waals surface area contributed by atoms with Crippen molar-refractivity contribution in [3.8, 4) is 12.3 Å². The van der Waals surface area contributed by atoms with E-state index < -0.39 is 0 Å². The SMILES string of the molecule is C#Cc1oc2ncc(C)cc2c1N. The van der Waals surface area contributed by atoms with Crippen LogP contribution in [-0.4, -0.2) is 4.98 Å². The molecule has 0 radical (unpaired) electrons. The molecular weight excluding hydrogens is 164 g/mol. The molecule has 3 heteroatoms. The zero-order chi connectivity index (χ0) is 9.42. The van der Waals surface area contributed by atoms with E-state index in [4.69, 9.17) is 16.6 Å². The van der Waals surface area contributed by atoms with Gasteiger partial charge in [-0.25, -0.2) is 4.98 Å². The molecule has 2 heterocycles. The fourth-order valence-electron chi connectivity index (χ4n) is 1.21. The van der Waals surface area contributed by atoms with Crippen LogP contribution in [-0.2, 0) is 0 Å². The van der Waals surface area contributed by atoms with Gasteiger partial charge in [0.05, 0.1) is 11.1 Å². The summed E-state index contributed by atoms with van der Waals surface area (Å²) in [5.74, 6) is 2.73. The summed E-state index contributed by atoms with van der Waals surface area (Å²) in [4.78, 5) is 4.07. The molecule has 0 saturated carbocycles. The molecule has 0 spiro atoms. The summed E-state index contributed by atoms with van der Waals surface area (Å²) in [5.41, 5.74) is 7.76. The number of furan rings is 1. The summed E-state index contributed by atoms with van der Waals surface area (Å²) >= 11 is 0. The number of hydrogen-bond acceptors (Lipinski definition) is 3. The number of pyridine rings is 1. The second kappa shape index (κ2) is 2.53. The van der Waals surface area contributed by atoms with Crippen LogP contribution in [0.3, 0.4) is 0 Å². The van der Waals surface area contributed by atoms with E-state index in [0.717, 1.165) is 10.9 Å². The molecule has 0 aliphatic rings. The van der Waals surface area contributed by atoms with Crippen LogP contribution in [0.1, 0.15) is 11.3 Å². The van der Waals surface area contributed by atoms with E-state index in [1.54, 1.807) is 6.20 Å². The monoisotopic (exact) mass is 172 g/mol. The highest BCUT2D eigenvalue weighted by atomic mass is 16.3. The third-order valence-electron chi connectivity index (χ3n) is 1.85. The van der Waals surface area contributed by atoms with E-state index >= 15 is 0 Å². The first-order valence-corrected chi connectivity index (χ1v) is 3.83. The smallest absolute Gasteiger partial charge is 0.229 e. The van der Waals surface area contributed by atoms with Gasteiger partial charge in [0.2, 0.25) is 11.5 Å². The number of nitrogen functional groups attached to an aromatic ring is 1. The highest BCUT2D eigenvalue weighted by molar-refractivity contribution is 5.90. The van der Waals surface area contributed by atoms with Gasteiger partial charge in [-0.2, -0.15) is 0 Å². The minimum atomic E-state index is 0.355. The van der Waals surface area contributed by atoms with Gasteiger partial charge in [0, 0.05) is 6.20 Å². The fraction of sp³-hybridized carbons (Fsp3) is 0.100. The van der Waals surface area contributed by atoms with Crippen molar-refractivity contribution in [2.45, 2.75) is 6.92 Å². The molecule has 0 atom stereocenters. The Bertz CT molecular complexity index is 505. The van der Waals surface area contributed by atoms with E-state index in [1.165, 1.54) is 0 Å². The van der Waals surface area contributed by atoms with Gasteiger partial charge in [-0.15, -0.1) is 6.42 Å². The van der Waals surface area contributed by atoms with Gasteiger partial charge in [0.1, 0.15) is 0 Å². The molecule has 0 unspecified atom stereocenters. The summed E-state index contributed by atoms with van der Waals surface area (Å²) in [7, 11) is 0. The lowest BCUT2D eigenvalue weighted by Crippen LogP contribution is -1.85. The summed E-state index contributed by atoms with van der Waals surface area (Å²) in [6, 6.07) is 1.90. The number of aryl methyl sites for hydroxylation is 1. The van der Waals surface area contributed by atoms with Crippen LogP contribution in [0.15, 0.2) is 16.7 Å². The third kappa shape index (κ3) is 1.04. The first-order chi connectivity index (χ1) is 6.22. The van der Waals surface area contributed by atoms with Crippen molar-refractivity contribution in [1.82, 2.24) is 4.98 Å². The van der Waals surface area contributed by atoms with E-state index in [-0.39, 0.29) is 0 Å². The Morgan fingerprint density at radius 2 is 2.38 bits per heavy atom. The Hall–Kier alpha value is -1.95. The molecule has 0 saturated heterocycles. The van der Waals surface area contributed by atoms with Gasteiger partial charge in [-0.3, -0.25) is 0 Å². The second-order valence-corrected chi connectivity index (χ2v) is 2.85. The highest BCUT2D eigenvalue weighted by Gasteiger charge is 2.09. The molecule has 0 aromatic carbocycles. The number of nitrogens with two attached hydrogens (primary N) is 1. The van der Waals surface area contributed by atoms with Crippen molar-refractivity contribution in [1.29, 1.82) is 0 Å². The Morgan fingerprint density at radius 1 is 1.62 bits per heavy atom. The van der Waals surface area contributed by atoms with Crippen molar-refractivity contribution >= 4 is 16.8 Å². The molecule has 0 bridgehead atoms. The van der Waals surface area contributed by atoms with E-state index in [1.807, 2.05) is 13.0 Å². The highest BCUT2D eigenvalue weighted by Crippen LogP contribution is 2.26. The quantitative estimate of drug-likeness (QED) is 0.615. The Balaban J connectivity index is 2.87. The largest absolute Gasteiger partial charge is 0.427 e. The molecule has 0 fully saturated rings. The summed E-state index contributed by atoms with van der Waals surface area (Å²) < 4.78 is 5.23. The average molecular weight is 172 g/mol. The number of aromatic nitrogens is 1. The molecular formula is C10H8N2O. The fourth-order valence-corrected chi connectivity index (χ4v) is 1.21.